The molecule has 5 heteroatoms. The van der Waals surface area contributed by atoms with Gasteiger partial charge in [0.15, 0.2) is 0 Å². The number of hydrogen-bond acceptors (Lipinski definition) is 3. The van der Waals surface area contributed by atoms with Crippen molar-refractivity contribution in [1.82, 2.24) is 4.98 Å². The summed E-state index contributed by atoms with van der Waals surface area (Å²) in [5, 5.41) is 0.429. The van der Waals surface area contributed by atoms with E-state index in [1.165, 1.54) is 0 Å². The van der Waals surface area contributed by atoms with Crippen molar-refractivity contribution in [2.45, 2.75) is 45.8 Å². The Morgan fingerprint density at radius 3 is 2.61 bits per heavy atom. The molecule has 0 radical (unpaired) electrons. The second-order valence-corrected chi connectivity index (χ2v) is 7.37. The molecule has 1 rings (SSSR count). The van der Waals surface area contributed by atoms with Crippen LogP contribution in [0.2, 0.25) is 5.15 Å². The standard InChI is InChI=1S/C13H19ClN2OS/c1-6-11(16-18(17)13(3,4)5)10-7-12(14)15-8-9(10)2/h7-8H,6H2,1-5H3. The fraction of sp³-hybridized carbons (Fsp3) is 0.538. The van der Waals surface area contributed by atoms with Crippen LogP contribution in [0.4, 0.5) is 0 Å². The Kier molecular flexibility index (Phi) is 5.20. The summed E-state index contributed by atoms with van der Waals surface area (Å²) in [5.74, 6) is 0. The van der Waals surface area contributed by atoms with E-state index in [0.717, 1.165) is 16.8 Å². The Morgan fingerprint density at radius 2 is 2.11 bits per heavy atom. The first-order valence-electron chi connectivity index (χ1n) is 5.87. The van der Waals surface area contributed by atoms with E-state index in [-0.39, 0.29) is 4.75 Å². The Labute approximate surface area is 117 Å². The Balaban J connectivity index is 3.17. The van der Waals surface area contributed by atoms with E-state index in [4.69, 9.17) is 11.6 Å². The first kappa shape index (κ1) is 15.5. The van der Waals surface area contributed by atoms with Crippen LogP contribution in [0.25, 0.3) is 0 Å². The van der Waals surface area contributed by atoms with Crippen molar-refractivity contribution in [3.05, 3.63) is 28.5 Å². The number of aryl methyl sites for hydroxylation is 1. The fourth-order valence-electron chi connectivity index (χ4n) is 1.35. The molecular weight excluding hydrogens is 268 g/mol. The molecule has 18 heavy (non-hydrogen) atoms. The van der Waals surface area contributed by atoms with E-state index in [9.17, 15) is 4.55 Å². The molecule has 1 aromatic heterocycles. The maximum Gasteiger partial charge on any atom is 0.144 e. The van der Waals surface area contributed by atoms with E-state index in [0.29, 0.717) is 11.6 Å². The van der Waals surface area contributed by atoms with Gasteiger partial charge in [0.1, 0.15) is 21.3 Å². The van der Waals surface area contributed by atoms with Crippen LogP contribution in [0.1, 0.15) is 45.2 Å². The van der Waals surface area contributed by atoms with E-state index < -0.39 is 11.4 Å². The van der Waals surface area contributed by atoms with Gasteiger partial charge in [-0.05, 0) is 45.7 Å². The highest BCUT2D eigenvalue weighted by Crippen LogP contribution is 2.21. The topological polar surface area (TPSA) is 48.3 Å². The summed E-state index contributed by atoms with van der Waals surface area (Å²) >= 11 is 4.64. The second kappa shape index (κ2) is 6.04. The zero-order valence-corrected chi connectivity index (χ0v) is 13.0. The van der Waals surface area contributed by atoms with E-state index in [2.05, 4.69) is 9.38 Å². The number of aromatic nitrogens is 1. The van der Waals surface area contributed by atoms with Crippen molar-refractivity contribution in [1.29, 1.82) is 0 Å². The van der Waals surface area contributed by atoms with Crippen LogP contribution in [-0.2, 0) is 11.4 Å². The molecule has 0 aromatic carbocycles. The highest BCUT2D eigenvalue weighted by Gasteiger charge is 2.27. The molecule has 0 saturated heterocycles. The third-order valence-electron chi connectivity index (χ3n) is 2.43. The molecule has 0 spiro atoms. The molecular formula is C13H19ClN2OS. The molecule has 1 aromatic rings. The highest BCUT2D eigenvalue weighted by molar-refractivity contribution is 7.91. The second-order valence-electron chi connectivity index (χ2n) is 5.08. The minimum Gasteiger partial charge on any atom is -0.591 e. The molecule has 0 aliphatic carbocycles. The Bertz CT molecular complexity index is 455. The number of halogens is 1. The molecule has 0 bridgehead atoms. The molecule has 0 aliphatic rings. The summed E-state index contributed by atoms with van der Waals surface area (Å²) in [4.78, 5) is 4.02. The van der Waals surface area contributed by atoms with Crippen LogP contribution in [0, 0.1) is 6.92 Å². The lowest BCUT2D eigenvalue weighted by Gasteiger charge is -2.19. The lowest BCUT2D eigenvalue weighted by molar-refractivity contribution is 0.561. The number of nitrogens with zero attached hydrogens (tertiary/aromatic N) is 2. The zero-order chi connectivity index (χ0) is 13.9. The van der Waals surface area contributed by atoms with Crippen molar-refractivity contribution in [2.75, 3.05) is 0 Å². The minimum absolute atomic E-state index is 0.356. The summed E-state index contributed by atoms with van der Waals surface area (Å²) < 4.78 is 16.1. The molecule has 0 amide bonds. The Morgan fingerprint density at radius 1 is 1.50 bits per heavy atom. The minimum atomic E-state index is -1.26. The predicted molar refractivity (Wildman–Crippen MR) is 78.7 cm³/mol. The summed E-state index contributed by atoms with van der Waals surface area (Å²) in [6.45, 7) is 9.67. The van der Waals surface area contributed by atoms with E-state index >= 15 is 0 Å². The van der Waals surface area contributed by atoms with Crippen LogP contribution in [0.5, 0.6) is 0 Å². The highest BCUT2D eigenvalue weighted by atomic mass is 35.5. The van der Waals surface area contributed by atoms with Crippen LogP contribution in [0.15, 0.2) is 16.7 Å². The van der Waals surface area contributed by atoms with Gasteiger partial charge in [-0.1, -0.05) is 22.9 Å². The van der Waals surface area contributed by atoms with Gasteiger partial charge in [0.2, 0.25) is 0 Å². The van der Waals surface area contributed by atoms with Crippen LogP contribution in [-0.4, -0.2) is 20.0 Å². The third-order valence-corrected chi connectivity index (χ3v) is 4.07. The molecule has 0 N–H and O–H groups in total. The lowest BCUT2D eigenvalue weighted by Crippen LogP contribution is -2.27. The maximum atomic E-state index is 12.1. The normalized spacial score (nSPS) is 14.7. The molecule has 1 unspecified atom stereocenters. The Hall–Kier alpha value is -0.580. The monoisotopic (exact) mass is 286 g/mol. The van der Waals surface area contributed by atoms with Gasteiger partial charge in [0, 0.05) is 11.8 Å². The first-order valence-corrected chi connectivity index (χ1v) is 7.36. The van der Waals surface area contributed by atoms with E-state index in [1.807, 2.05) is 34.6 Å². The van der Waals surface area contributed by atoms with Gasteiger partial charge in [-0.25, -0.2) is 4.98 Å². The number of hydrogen-bond donors (Lipinski definition) is 0. The van der Waals surface area contributed by atoms with Crippen LogP contribution in [0.3, 0.4) is 0 Å². The third kappa shape index (κ3) is 3.97. The van der Waals surface area contributed by atoms with Gasteiger partial charge in [-0.3, -0.25) is 0 Å². The molecule has 3 nitrogen and oxygen atoms in total. The summed E-state index contributed by atoms with van der Waals surface area (Å²) in [6.07, 6.45) is 2.42. The van der Waals surface area contributed by atoms with Crippen molar-refractivity contribution in [3.63, 3.8) is 0 Å². The predicted octanol–water partition coefficient (Wildman–Crippen LogP) is 3.70. The van der Waals surface area contributed by atoms with Gasteiger partial charge in [0.05, 0.1) is 5.71 Å². The lowest BCUT2D eigenvalue weighted by atomic mass is 10.1. The zero-order valence-electron chi connectivity index (χ0n) is 11.5. The molecule has 0 fully saturated rings. The fourth-order valence-corrected chi connectivity index (χ4v) is 2.21. The largest absolute Gasteiger partial charge is 0.591 e. The van der Waals surface area contributed by atoms with Gasteiger partial charge < -0.3 is 4.55 Å². The van der Waals surface area contributed by atoms with E-state index in [1.54, 1.807) is 12.3 Å². The molecule has 1 atom stereocenters. The number of pyridine rings is 1. The molecule has 0 aliphatic heterocycles. The van der Waals surface area contributed by atoms with Crippen molar-refractivity contribution in [2.24, 2.45) is 4.40 Å². The van der Waals surface area contributed by atoms with Gasteiger partial charge in [-0.15, -0.1) is 0 Å². The summed E-state index contributed by atoms with van der Waals surface area (Å²) in [6, 6.07) is 1.78. The quantitative estimate of drug-likeness (QED) is 0.483. The average Bonchev–Trinajstić information content (AvgIpc) is 2.28. The molecule has 0 saturated carbocycles. The smallest absolute Gasteiger partial charge is 0.144 e. The average molecular weight is 287 g/mol. The molecule has 100 valence electrons. The summed E-state index contributed by atoms with van der Waals surface area (Å²) in [7, 11) is 0. The number of rotatable bonds is 3. The van der Waals surface area contributed by atoms with Crippen LogP contribution < -0.4 is 0 Å². The maximum absolute atomic E-state index is 12.1. The van der Waals surface area contributed by atoms with Crippen molar-refractivity contribution in [3.8, 4) is 0 Å². The van der Waals surface area contributed by atoms with Gasteiger partial charge in [0.25, 0.3) is 0 Å². The molecule has 1 heterocycles. The van der Waals surface area contributed by atoms with Crippen molar-refractivity contribution < 1.29 is 4.55 Å². The summed E-state index contributed by atoms with van der Waals surface area (Å²) in [5.41, 5.74) is 2.73. The van der Waals surface area contributed by atoms with Gasteiger partial charge in [-0.2, -0.15) is 0 Å². The van der Waals surface area contributed by atoms with Crippen LogP contribution >= 0.6 is 11.6 Å². The first-order chi connectivity index (χ1) is 8.25. The van der Waals surface area contributed by atoms with Gasteiger partial charge >= 0.3 is 0 Å². The SMILES string of the molecule is CCC(=N[S+]([O-])C(C)(C)C)c1cc(Cl)ncc1C. The van der Waals surface area contributed by atoms with Crippen molar-refractivity contribution >= 4 is 28.7 Å².